The van der Waals surface area contributed by atoms with Crippen molar-refractivity contribution in [3.63, 3.8) is 0 Å². The van der Waals surface area contributed by atoms with Crippen LogP contribution in [-0.4, -0.2) is 11.1 Å². The summed E-state index contributed by atoms with van der Waals surface area (Å²) in [5, 5.41) is 9.23. The van der Waals surface area contributed by atoms with E-state index in [0.29, 0.717) is 11.5 Å². The predicted molar refractivity (Wildman–Crippen MR) is 71.3 cm³/mol. The van der Waals surface area contributed by atoms with E-state index in [-0.39, 0.29) is 0 Å². The van der Waals surface area contributed by atoms with Gasteiger partial charge in [0.2, 0.25) is 0 Å². The van der Waals surface area contributed by atoms with Gasteiger partial charge in [-0.05, 0) is 73.3 Å². The first-order valence-electron chi connectivity index (χ1n) is 7.14. The first-order valence-corrected chi connectivity index (χ1v) is 7.14. The van der Waals surface area contributed by atoms with Gasteiger partial charge in [0.05, 0.1) is 5.56 Å². The maximum Gasteiger partial charge on any atom is 0.335 e. The fraction of sp³-hybridized carbons (Fsp3) is 0.562. The molecule has 0 atom stereocenters. The molecule has 0 aromatic heterocycles. The summed E-state index contributed by atoms with van der Waals surface area (Å²) in [6.45, 7) is 0. The summed E-state index contributed by atoms with van der Waals surface area (Å²) in [6, 6.07) is 3.87. The van der Waals surface area contributed by atoms with Crippen LogP contribution in [0.15, 0.2) is 12.1 Å². The summed E-state index contributed by atoms with van der Waals surface area (Å²) in [5.74, 6) is -0.0815. The van der Waals surface area contributed by atoms with Crippen molar-refractivity contribution in [2.75, 3.05) is 0 Å². The van der Waals surface area contributed by atoms with Crippen LogP contribution in [0.5, 0.6) is 0 Å². The average molecular weight is 244 g/mol. The lowest BCUT2D eigenvalue weighted by Gasteiger charge is -2.19. The molecule has 0 heterocycles. The highest BCUT2D eigenvalue weighted by Gasteiger charge is 2.25. The second-order valence-corrected chi connectivity index (χ2v) is 5.70. The summed E-state index contributed by atoms with van der Waals surface area (Å²) in [6.07, 6.45) is 9.75. The molecule has 0 spiro atoms. The number of hydrogen-bond donors (Lipinski definition) is 1. The van der Waals surface area contributed by atoms with Gasteiger partial charge in [-0.2, -0.15) is 0 Å². The van der Waals surface area contributed by atoms with Gasteiger partial charge in [0.15, 0.2) is 0 Å². The van der Waals surface area contributed by atoms with Crippen molar-refractivity contribution < 1.29 is 9.90 Å². The fourth-order valence-electron chi connectivity index (χ4n) is 3.69. The molecule has 18 heavy (non-hydrogen) atoms. The number of hydrogen-bond acceptors (Lipinski definition) is 1. The zero-order chi connectivity index (χ0) is 12.5. The van der Waals surface area contributed by atoms with Crippen molar-refractivity contribution in [1.82, 2.24) is 0 Å². The molecule has 0 radical (unpaired) electrons. The number of carboxylic acid groups (broad SMARTS) is 1. The van der Waals surface area contributed by atoms with Crippen LogP contribution in [0.1, 0.15) is 71.5 Å². The molecule has 0 saturated carbocycles. The maximum absolute atomic E-state index is 11.2. The molecule has 2 heteroatoms. The Morgan fingerprint density at radius 2 is 1.56 bits per heavy atom. The first-order chi connectivity index (χ1) is 8.75. The Kier molecular flexibility index (Phi) is 3.11. The van der Waals surface area contributed by atoms with Gasteiger partial charge in [0.1, 0.15) is 0 Å². The molecule has 96 valence electrons. The number of aryl methyl sites for hydroxylation is 2. The van der Waals surface area contributed by atoms with E-state index in [0.717, 1.165) is 12.8 Å². The minimum absolute atomic E-state index is 0.492. The molecule has 1 N–H and O–H groups in total. The first kappa shape index (κ1) is 11.8. The Labute approximate surface area is 108 Å². The molecule has 2 aliphatic carbocycles. The molecular formula is C16H20O2. The second-order valence-electron chi connectivity index (χ2n) is 5.70. The summed E-state index contributed by atoms with van der Waals surface area (Å²) in [5.41, 5.74) is 4.67. The minimum atomic E-state index is -0.779. The lowest BCUT2D eigenvalue weighted by Crippen LogP contribution is -2.06. The van der Waals surface area contributed by atoms with E-state index in [4.69, 9.17) is 0 Å². The molecule has 0 aliphatic heterocycles. The Morgan fingerprint density at radius 1 is 1.00 bits per heavy atom. The van der Waals surface area contributed by atoms with E-state index in [1.54, 1.807) is 0 Å². The molecule has 2 nitrogen and oxygen atoms in total. The van der Waals surface area contributed by atoms with Crippen molar-refractivity contribution >= 4 is 5.97 Å². The lowest BCUT2D eigenvalue weighted by atomic mass is 9.86. The van der Waals surface area contributed by atoms with Crippen LogP contribution in [-0.2, 0) is 12.8 Å². The molecule has 0 fully saturated rings. The zero-order valence-corrected chi connectivity index (χ0v) is 10.7. The summed E-state index contributed by atoms with van der Waals surface area (Å²) in [7, 11) is 0. The summed E-state index contributed by atoms with van der Waals surface area (Å²) in [4.78, 5) is 11.2. The predicted octanol–water partition coefficient (Wildman–Crippen LogP) is 3.92. The number of carboxylic acids is 1. The van der Waals surface area contributed by atoms with E-state index in [1.165, 1.54) is 55.2 Å². The zero-order valence-electron chi connectivity index (χ0n) is 10.7. The third kappa shape index (κ3) is 2.05. The van der Waals surface area contributed by atoms with E-state index < -0.39 is 5.97 Å². The smallest absolute Gasteiger partial charge is 0.335 e. The number of aromatic carboxylic acids is 1. The van der Waals surface area contributed by atoms with Gasteiger partial charge in [0.25, 0.3) is 0 Å². The van der Waals surface area contributed by atoms with Crippen LogP contribution in [0.3, 0.4) is 0 Å². The average Bonchev–Trinajstić information content (AvgIpc) is 2.68. The monoisotopic (exact) mass is 244 g/mol. The molecular weight excluding hydrogens is 224 g/mol. The quantitative estimate of drug-likeness (QED) is 0.813. The van der Waals surface area contributed by atoms with Gasteiger partial charge in [-0.25, -0.2) is 4.79 Å². The Balaban J connectivity index is 2.15. The molecule has 0 saturated heterocycles. The molecule has 0 unspecified atom stereocenters. The van der Waals surface area contributed by atoms with Gasteiger partial charge >= 0.3 is 5.97 Å². The van der Waals surface area contributed by atoms with E-state index >= 15 is 0 Å². The molecule has 0 amide bonds. The number of rotatable bonds is 1. The lowest BCUT2D eigenvalue weighted by molar-refractivity contribution is 0.0696. The molecule has 0 bridgehead atoms. The van der Waals surface area contributed by atoms with Gasteiger partial charge in [-0.3, -0.25) is 0 Å². The summed E-state index contributed by atoms with van der Waals surface area (Å²) >= 11 is 0. The highest BCUT2D eigenvalue weighted by atomic mass is 16.4. The van der Waals surface area contributed by atoms with Crippen molar-refractivity contribution in [2.24, 2.45) is 0 Å². The second kappa shape index (κ2) is 4.75. The number of benzene rings is 1. The van der Waals surface area contributed by atoms with Gasteiger partial charge in [0, 0.05) is 0 Å². The SMILES string of the molecule is O=C(O)c1cc2c3c(c1)CCCCC3CCCC2. The van der Waals surface area contributed by atoms with Crippen LogP contribution >= 0.6 is 0 Å². The molecule has 2 aliphatic rings. The highest BCUT2D eigenvalue weighted by Crippen LogP contribution is 2.39. The third-order valence-electron chi connectivity index (χ3n) is 4.50. The Hall–Kier alpha value is -1.31. The van der Waals surface area contributed by atoms with E-state index in [9.17, 15) is 9.90 Å². The van der Waals surface area contributed by atoms with Crippen molar-refractivity contribution in [1.29, 1.82) is 0 Å². The third-order valence-corrected chi connectivity index (χ3v) is 4.50. The van der Waals surface area contributed by atoms with Gasteiger partial charge < -0.3 is 5.11 Å². The van der Waals surface area contributed by atoms with Crippen molar-refractivity contribution in [3.8, 4) is 0 Å². The molecule has 1 aromatic rings. The van der Waals surface area contributed by atoms with Gasteiger partial charge in [-0.15, -0.1) is 0 Å². The van der Waals surface area contributed by atoms with Crippen LogP contribution < -0.4 is 0 Å². The standard InChI is InChI=1S/C16H20O2/c17-16(18)14-9-12-7-3-1-5-11-6-2-4-8-13(10-14)15(11)12/h9-11H,1-8H2,(H,17,18). The van der Waals surface area contributed by atoms with E-state index in [2.05, 4.69) is 0 Å². The highest BCUT2D eigenvalue weighted by molar-refractivity contribution is 5.88. The van der Waals surface area contributed by atoms with Crippen LogP contribution in [0.2, 0.25) is 0 Å². The Morgan fingerprint density at radius 3 is 2.06 bits per heavy atom. The van der Waals surface area contributed by atoms with Gasteiger partial charge in [-0.1, -0.05) is 12.8 Å². The van der Waals surface area contributed by atoms with Crippen LogP contribution in [0.25, 0.3) is 0 Å². The van der Waals surface area contributed by atoms with Crippen molar-refractivity contribution in [3.05, 3.63) is 34.4 Å². The topological polar surface area (TPSA) is 37.3 Å². The molecule has 1 aromatic carbocycles. The summed E-state index contributed by atoms with van der Waals surface area (Å²) < 4.78 is 0. The van der Waals surface area contributed by atoms with E-state index in [1.807, 2.05) is 12.1 Å². The largest absolute Gasteiger partial charge is 0.478 e. The normalized spacial score (nSPS) is 19.8. The Bertz CT molecular complexity index is 443. The number of carbonyl (C=O) groups is 1. The van der Waals surface area contributed by atoms with Crippen LogP contribution in [0, 0.1) is 0 Å². The fourth-order valence-corrected chi connectivity index (χ4v) is 3.69. The van der Waals surface area contributed by atoms with Crippen molar-refractivity contribution in [2.45, 2.75) is 57.3 Å². The minimum Gasteiger partial charge on any atom is -0.478 e. The molecule has 3 rings (SSSR count). The van der Waals surface area contributed by atoms with Crippen LogP contribution in [0.4, 0.5) is 0 Å². The maximum atomic E-state index is 11.2.